The fourth-order valence-electron chi connectivity index (χ4n) is 2.36. The highest BCUT2D eigenvalue weighted by atomic mass is 16.5. The van der Waals surface area contributed by atoms with Crippen LogP contribution < -0.4 is 9.47 Å². The molecule has 1 radical (unpaired) electrons. The van der Waals surface area contributed by atoms with Crippen molar-refractivity contribution in [1.29, 1.82) is 0 Å². The molecule has 0 aromatic heterocycles. The SMILES string of the molecule is [CH2]C(=O)C(Oc1ccc(Oc2ccccc2)cc1)C(=O)CCCCC(=O)O. The summed E-state index contributed by atoms with van der Waals surface area (Å²) in [4.78, 5) is 34.3. The predicted octanol–water partition coefficient (Wildman–Crippen LogP) is 3.84. The Balaban J connectivity index is 1.92. The molecule has 0 aliphatic carbocycles. The van der Waals surface area contributed by atoms with Crippen LogP contribution in [-0.2, 0) is 14.4 Å². The highest BCUT2D eigenvalue weighted by Gasteiger charge is 2.25. The third-order valence-electron chi connectivity index (χ3n) is 3.71. The summed E-state index contributed by atoms with van der Waals surface area (Å²) in [7, 11) is 0. The van der Waals surface area contributed by atoms with E-state index in [9.17, 15) is 14.4 Å². The largest absolute Gasteiger partial charge is 0.481 e. The minimum atomic E-state index is -1.30. The quantitative estimate of drug-likeness (QED) is 0.478. The molecular formula is C21H21O6. The zero-order chi connectivity index (χ0) is 19.6. The van der Waals surface area contributed by atoms with Gasteiger partial charge in [0.05, 0.1) is 0 Å². The van der Waals surface area contributed by atoms with Gasteiger partial charge in [-0.1, -0.05) is 18.2 Å². The second-order valence-corrected chi connectivity index (χ2v) is 5.92. The Labute approximate surface area is 157 Å². The topological polar surface area (TPSA) is 89.9 Å². The zero-order valence-corrected chi connectivity index (χ0v) is 14.8. The number of carbonyl (C=O) groups is 3. The van der Waals surface area contributed by atoms with Gasteiger partial charge in [-0.25, -0.2) is 0 Å². The van der Waals surface area contributed by atoms with Crippen LogP contribution in [0.25, 0.3) is 0 Å². The Bertz CT molecular complexity index is 767. The number of hydrogen-bond donors (Lipinski definition) is 1. The van der Waals surface area contributed by atoms with E-state index in [2.05, 4.69) is 6.92 Å². The number of carboxylic acid groups (broad SMARTS) is 1. The van der Waals surface area contributed by atoms with Gasteiger partial charge in [0.25, 0.3) is 0 Å². The Kier molecular flexibility index (Phi) is 7.55. The molecule has 0 saturated carbocycles. The van der Waals surface area contributed by atoms with Crippen molar-refractivity contribution in [1.82, 2.24) is 0 Å². The summed E-state index contributed by atoms with van der Waals surface area (Å²) in [5.41, 5.74) is 0. The van der Waals surface area contributed by atoms with Crippen molar-refractivity contribution in [2.75, 3.05) is 0 Å². The maximum Gasteiger partial charge on any atom is 0.303 e. The second kappa shape index (κ2) is 10.1. The van der Waals surface area contributed by atoms with E-state index in [0.29, 0.717) is 30.1 Å². The van der Waals surface area contributed by atoms with Crippen molar-refractivity contribution >= 4 is 17.5 Å². The first-order valence-corrected chi connectivity index (χ1v) is 8.55. The second-order valence-electron chi connectivity index (χ2n) is 5.92. The van der Waals surface area contributed by atoms with Gasteiger partial charge in [-0.05, 0) is 49.2 Å². The number of benzene rings is 2. The van der Waals surface area contributed by atoms with E-state index in [4.69, 9.17) is 14.6 Å². The van der Waals surface area contributed by atoms with Gasteiger partial charge in [0.2, 0.25) is 6.10 Å². The minimum absolute atomic E-state index is 0.0139. The van der Waals surface area contributed by atoms with Gasteiger partial charge in [0.1, 0.15) is 17.2 Å². The maximum atomic E-state index is 12.2. The summed E-state index contributed by atoms with van der Waals surface area (Å²) in [6.45, 7) is 3.28. The van der Waals surface area contributed by atoms with E-state index in [1.807, 2.05) is 30.3 Å². The monoisotopic (exact) mass is 369 g/mol. The van der Waals surface area contributed by atoms with Crippen molar-refractivity contribution in [3.63, 3.8) is 0 Å². The molecular weight excluding hydrogens is 348 g/mol. The number of hydrogen-bond acceptors (Lipinski definition) is 5. The van der Waals surface area contributed by atoms with Crippen molar-refractivity contribution < 1.29 is 29.0 Å². The van der Waals surface area contributed by atoms with Gasteiger partial charge in [-0.2, -0.15) is 0 Å². The molecule has 2 aromatic carbocycles. The number of rotatable bonds is 11. The average Bonchev–Trinajstić information content (AvgIpc) is 2.65. The molecule has 6 nitrogen and oxygen atoms in total. The lowest BCUT2D eigenvalue weighted by Crippen LogP contribution is -2.34. The summed E-state index contributed by atoms with van der Waals surface area (Å²) in [6.07, 6.45) is -0.503. The molecule has 1 atom stereocenters. The first kappa shape index (κ1) is 20.2. The normalized spacial score (nSPS) is 11.4. The van der Waals surface area contributed by atoms with Gasteiger partial charge in [0, 0.05) is 19.8 Å². The third-order valence-corrected chi connectivity index (χ3v) is 3.71. The first-order chi connectivity index (χ1) is 13.0. The molecule has 0 saturated heterocycles. The van der Waals surface area contributed by atoms with Crippen LogP contribution in [0.3, 0.4) is 0 Å². The van der Waals surface area contributed by atoms with Crippen LogP contribution in [0.15, 0.2) is 54.6 Å². The standard InChI is InChI=1S/C21H21O6/c1-15(22)21(19(23)9-5-6-10-20(24)25)27-18-13-11-17(12-14-18)26-16-7-3-2-4-8-16/h2-4,7-8,11-14,21H,1,5-6,9-10H2,(H,24,25). The molecule has 6 heteroatoms. The molecule has 27 heavy (non-hydrogen) atoms. The Hall–Kier alpha value is -3.15. The lowest BCUT2D eigenvalue weighted by atomic mass is 10.0. The lowest BCUT2D eigenvalue weighted by Gasteiger charge is -2.15. The molecule has 0 aliphatic rings. The summed E-state index contributed by atoms with van der Waals surface area (Å²) in [5, 5.41) is 8.60. The molecule has 0 heterocycles. The minimum Gasteiger partial charge on any atom is -0.481 e. The molecule has 2 aromatic rings. The molecule has 0 fully saturated rings. The highest BCUT2D eigenvalue weighted by Crippen LogP contribution is 2.24. The number of carboxylic acids is 1. The van der Waals surface area contributed by atoms with E-state index in [1.54, 1.807) is 24.3 Å². The van der Waals surface area contributed by atoms with E-state index >= 15 is 0 Å². The number of ketones is 2. The Morgan fingerprint density at radius 1 is 0.852 bits per heavy atom. The fraction of sp³-hybridized carbons (Fsp3) is 0.238. The molecule has 0 bridgehead atoms. The van der Waals surface area contributed by atoms with E-state index in [-0.39, 0.29) is 12.8 Å². The highest BCUT2D eigenvalue weighted by molar-refractivity contribution is 6.07. The van der Waals surface area contributed by atoms with Gasteiger partial charge in [-0.3, -0.25) is 14.4 Å². The van der Waals surface area contributed by atoms with Crippen molar-refractivity contribution in [3.8, 4) is 17.2 Å². The van der Waals surface area contributed by atoms with E-state index in [0.717, 1.165) is 0 Å². The molecule has 0 amide bonds. The van der Waals surface area contributed by atoms with Crippen molar-refractivity contribution in [2.45, 2.75) is 31.8 Å². The maximum absolute atomic E-state index is 12.2. The third kappa shape index (κ3) is 6.93. The Morgan fingerprint density at radius 2 is 1.41 bits per heavy atom. The summed E-state index contributed by atoms with van der Waals surface area (Å²) >= 11 is 0. The number of unbranched alkanes of at least 4 members (excludes halogenated alkanes) is 1. The molecule has 0 spiro atoms. The number of ether oxygens (including phenoxy) is 2. The number of para-hydroxylation sites is 1. The molecule has 0 aliphatic heterocycles. The van der Waals surface area contributed by atoms with Crippen molar-refractivity contribution in [2.24, 2.45) is 0 Å². The Morgan fingerprint density at radius 3 is 2.00 bits per heavy atom. The van der Waals surface area contributed by atoms with Gasteiger partial charge in [-0.15, -0.1) is 0 Å². The zero-order valence-electron chi connectivity index (χ0n) is 14.8. The number of Topliss-reactive ketones (excluding diaryl/α,β-unsaturated/α-hetero) is 2. The lowest BCUT2D eigenvalue weighted by molar-refractivity contribution is -0.138. The van der Waals surface area contributed by atoms with Crippen LogP contribution in [0.4, 0.5) is 0 Å². The predicted molar refractivity (Wildman–Crippen MR) is 98.8 cm³/mol. The van der Waals surface area contributed by atoms with Crippen molar-refractivity contribution in [3.05, 3.63) is 61.5 Å². The van der Waals surface area contributed by atoms with Crippen LogP contribution in [-0.4, -0.2) is 28.7 Å². The first-order valence-electron chi connectivity index (χ1n) is 8.55. The molecule has 2 rings (SSSR count). The van der Waals surface area contributed by atoms with Crippen LogP contribution in [0, 0.1) is 6.92 Å². The number of aliphatic carboxylic acids is 1. The fourth-order valence-corrected chi connectivity index (χ4v) is 2.36. The summed E-state index contributed by atoms with van der Waals surface area (Å²) in [5.74, 6) is -0.343. The van der Waals surface area contributed by atoms with Gasteiger partial charge < -0.3 is 14.6 Å². The summed E-state index contributed by atoms with van der Waals surface area (Å²) < 4.78 is 11.2. The number of carbonyl (C=O) groups excluding carboxylic acids is 2. The average molecular weight is 369 g/mol. The van der Waals surface area contributed by atoms with Gasteiger partial charge in [0.15, 0.2) is 11.6 Å². The summed E-state index contributed by atoms with van der Waals surface area (Å²) in [6, 6.07) is 15.8. The smallest absolute Gasteiger partial charge is 0.303 e. The van der Waals surface area contributed by atoms with Gasteiger partial charge >= 0.3 is 5.97 Å². The van der Waals surface area contributed by atoms with Crippen LogP contribution in [0.1, 0.15) is 25.7 Å². The van der Waals surface area contributed by atoms with E-state index < -0.39 is 23.6 Å². The molecule has 1 N–H and O–H groups in total. The van der Waals surface area contributed by atoms with Crippen LogP contribution in [0.2, 0.25) is 0 Å². The van der Waals surface area contributed by atoms with Crippen LogP contribution in [0.5, 0.6) is 17.2 Å². The van der Waals surface area contributed by atoms with E-state index in [1.165, 1.54) is 0 Å². The van der Waals surface area contributed by atoms with Crippen LogP contribution >= 0.6 is 0 Å². The molecule has 141 valence electrons. The molecule has 1 unspecified atom stereocenters.